The van der Waals surface area contributed by atoms with E-state index in [0.717, 1.165) is 16.6 Å². The molecule has 2 N–H and O–H groups in total. The Hall–Kier alpha value is -3.63. The Bertz CT molecular complexity index is 1460. The minimum Gasteiger partial charge on any atom is -0.325 e. The van der Waals surface area contributed by atoms with Gasteiger partial charge in [0.15, 0.2) is 0 Å². The number of hydrogen-bond acceptors (Lipinski definition) is 4. The number of urea groups is 1. The summed E-state index contributed by atoms with van der Waals surface area (Å²) in [6, 6.07) is 19.3. The van der Waals surface area contributed by atoms with Crippen LogP contribution in [0.1, 0.15) is 12.5 Å². The van der Waals surface area contributed by atoms with Gasteiger partial charge in [-0.3, -0.25) is 9.69 Å². The number of nitrogens with zero attached hydrogens (tertiary/aromatic N) is 1. The Balaban J connectivity index is 1.28. The topological polar surface area (TPSA) is 61.4 Å². The van der Waals surface area contributed by atoms with Crippen LogP contribution in [-0.2, 0) is 11.0 Å². The van der Waals surface area contributed by atoms with E-state index in [1.807, 2.05) is 42.5 Å². The first-order chi connectivity index (χ1) is 18.7. The normalized spacial score (nSPS) is 18.6. The summed E-state index contributed by atoms with van der Waals surface area (Å²) in [4.78, 5) is 29.7. The Morgan fingerprint density at radius 2 is 1.69 bits per heavy atom. The van der Waals surface area contributed by atoms with Gasteiger partial charge in [0.1, 0.15) is 0 Å². The number of halogens is 3. The number of amides is 3. The van der Waals surface area contributed by atoms with E-state index < -0.39 is 22.9 Å². The van der Waals surface area contributed by atoms with Crippen LogP contribution in [0.2, 0.25) is 0 Å². The van der Waals surface area contributed by atoms with Gasteiger partial charge in [0.2, 0.25) is 5.91 Å². The quantitative estimate of drug-likeness (QED) is 0.309. The number of thioether (sulfide) groups is 2. The Kier molecular flexibility index (Phi) is 7.76. The van der Waals surface area contributed by atoms with E-state index in [2.05, 4.69) is 16.7 Å². The van der Waals surface area contributed by atoms with Crippen molar-refractivity contribution >= 4 is 52.5 Å². The highest BCUT2D eigenvalue weighted by Crippen LogP contribution is 2.44. The van der Waals surface area contributed by atoms with Gasteiger partial charge in [-0.1, -0.05) is 54.6 Å². The predicted octanol–water partition coefficient (Wildman–Crippen LogP) is 7.83. The van der Waals surface area contributed by atoms with Crippen LogP contribution in [0.3, 0.4) is 0 Å². The SMILES string of the molecule is CC(Sc1cccc(NC(=O)N2c3ccccc3SC3C=CC=CC32)c1)C(=O)Nc1ccccc1C(F)(F)F. The minimum absolute atomic E-state index is 0.0966. The average Bonchev–Trinajstić information content (AvgIpc) is 2.91. The fraction of sp³-hybridized carbons (Fsp3) is 0.172. The summed E-state index contributed by atoms with van der Waals surface area (Å²) in [5.74, 6) is -0.559. The molecule has 0 fully saturated rings. The molecule has 3 unspecified atom stereocenters. The first-order valence-corrected chi connectivity index (χ1v) is 13.9. The number of para-hydroxylation sites is 2. The average molecular weight is 568 g/mol. The molecule has 0 saturated carbocycles. The van der Waals surface area contributed by atoms with Crippen molar-refractivity contribution < 1.29 is 22.8 Å². The van der Waals surface area contributed by atoms with Crippen molar-refractivity contribution in [2.45, 2.75) is 39.4 Å². The van der Waals surface area contributed by atoms with E-state index in [0.29, 0.717) is 10.6 Å². The number of rotatable bonds is 5. The third-order valence-electron chi connectivity index (χ3n) is 6.22. The van der Waals surface area contributed by atoms with Crippen LogP contribution >= 0.6 is 23.5 Å². The van der Waals surface area contributed by atoms with Gasteiger partial charge >= 0.3 is 12.2 Å². The summed E-state index contributed by atoms with van der Waals surface area (Å²) >= 11 is 2.91. The van der Waals surface area contributed by atoms with Crippen LogP contribution in [0.4, 0.5) is 35.0 Å². The number of alkyl halides is 3. The molecule has 1 heterocycles. The second-order valence-electron chi connectivity index (χ2n) is 8.93. The number of fused-ring (bicyclic) bond motifs is 2. The van der Waals surface area contributed by atoms with E-state index in [-0.39, 0.29) is 23.0 Å². The van der Waals surface area contributed by atoms with E-state index in [1.54, 1.807) is 47.9 Å². The Labute approximate surface area is 232 Å². The van der Waals surface area contributed by atoms with Gasteiger partial charge in [-0.15, -0.1) is 23.5 Å². The van der Waals surface area contributed by atoms with E-state index in [4.69, 9.17) is 0 Å². The second-order valence-corrected chi connectivity index (χ2v) is 11.6. The lowest BCUT2D eigenvalue weighted by molar-refractivity contribution is -0.137. The van der Waals surface area contributed by atoms with Crippen LogP contribution < -0.4 is 15.5 Å². The summed E-state index contributed by atoms with van der Waals surface area (Å²) < 4.78 is 39.9. The molecule has 3 amide bonds. The van der Waals surface area contributed by atoms with Gasteiger partial charge < -0.3 is 10.6 Å². The zero-order chi connectivity index (χ0) is 27.6. The highest BCUT2D eigenvalue weighted by Gasteiger charge is 2.37. The maximum Gasteiger partial charge on any atom is 0.418 e. The number of hydrogen-bond donors (Lipinski definition) is 2. The highest BCUT2D eigenvalue weighted by molar-refractivity contribution is 8.00. The summed E-state index contributed by atoms with van der Waals surface area (Å²) in [5.41, 5.74) is 0.190. The molecule has 10 heteroatoms. The van der Waals surface area contributed by atoms with Gasteiger partial charge in [-0.25, -0.2) is 4.79 Å². The minimum atomic E-state index is -4.58. The maximum atomic E-state index is 13.5. The number of allylic oxidation sites excluding steroid dienone is 2. The molecule has 200 valence electrons. The maximum absolute atomic E-state index is 13.5. The molecule has 3 aromatic carbocycles. The van der Waals surface area contributed by atoms with E-state index in [9.17, 15) is 22.8 Å². The molecule has 0 radical (unpaired) electrons. The smallest absolute Gasteiger partial charge is 0.325 e. The van der Waals surface area contributed by atoms with Gasteiger partial charge in [0.05, 0.1) is 33.5 Å². The van der Waals surface area contributed by atoms with Crippen LogP contribution in [0, 0.1) is 0 Å². The van der Waals surface area contributed by atoms with Crippen LogP contribution in [0.5, 0.6) is 0 Å². The van der Waals surface area contributed by atoms with Crippen LogP contribution in [-0.4, -0.2) is 28.5 Å². The van der Waals surface area contributed by atoms with Crippen molar-refractivity contribution in [2.75, 3.05) is 15.5 Å². The van der Waals surface area contributed by atoms with Crippen molar-refractivity contribution in [3.8, 4) is 0 Å². The van der Waals surface area contributed by atoms with Crippen molar-refractivity contribution in [2.24, 2.45) is 0 Å². The van der Waals surface area contributed by atoms with Gasteiger partial charge in [-0.2, -0.15) is 13.2 Å². The molecule has 2 aliphatic rings. The lowest BCUT2D eigenvalue weighted by atomic mass is 10.1. The molecule has 1 aliphatic carbocycles. The second kappa shape index (κ2) is 11.2. The summed E-state index contributed by atoms with van der Waals surface area (Å²) in [7, 11) is 0. The molecule has 0 spiro atoms. The van der Waals surface area contributed by atoms with Crippen LogP contribution in [0.15, 0.2) is 107 Å². The molecular formula is C29H24F3N3O2S2. The summed E-state index contributed by atoms with van der Waals surface area (Å²) in [6.45, 7) is 1.62. The van der Waals surface area contributed by atoms with Gasteiger partial charge in [0.25, 0.3) is 0 Å². The van der Waals surface area contributed by atoms with Crippen molar-refractivity contribution in [1.82, 2.24) is 0 Å². The van der Waals surface area contributed by atoms with Crippen molar-refractivity contribution in [3.05, 3.63) is 103 Å². The molecule has 0 bridgehead atoms. The fourth-order valence-electron chi connectivity index (χ4n) is 4.39. The molecule has 39 heavy (non-hydrogen) atoms. The number of benzene rings is 3. The summed E-state index contributed by atoms with van der Waals surface area (Å²) in [5, 5.41) is 4.77. The number of nitrogens with one attached hydrogen (secondary N) is 2. The molecular weight excluding hydrogens is 543 g/mol. The third-order valence-corrected chi connectivity index (χ3v) is 8.62. The number of carbonyl (C=O) groups is 2. The van der Waals surface area contributed by atoms with Crippen LogP contribution in [0.25, 0.3) is 0 Å². The van der Waals surface area contributed by atoms with E-state index >= 15 is 0 Å². The van der Waals surface area contributed by atoms with E-state index in [1.165, 1.54) is 30.0 Å². The molecule has 0 saturated heterocycles. The Morgan fingerprint density at radius 3 is 2.51 bits per heavy atom. The van der Waals surface area contributed by atoms with Crippen molar-refractivity contribution in [3.63, 3.8) is 0 Å². The highest BCUT2D eigenvalue weighted by atomic mass is 32.2. The molecule has 5 rings (SSSR count). The molecule has 1 aliphatic heterocycles. The number of carbonyl (C=O) groups excluding carboxylic acids is 2. The largest absolute Gasteiger partial charge is 0.418 e. The lowest BCUT2D eigenvalue weighted by Crippen LogP contribution is -2.49. The zero-order valence-corrected chi connectivity index (χ0v) is 22.3. The molecule has 0 aromatic heterocycles. The summed E-state index contributed by atoms with van der Waals surface area (Å²) in [6.07, 6.45) is 3.44. The Morgan fingerprint density at radius 1 is 0.949 bits per heavy atom. The lowest BCUT2D eigenvalue weighted by Gasteiger charge is -2.40. The molecule has 3 aromatic rings. The molecule has 3 atom stereocenters. The van der Waals surface area contributed by atoms with Gasteiger partial charge in [0, 0.05) is 15.5 Å². The number of anilines is 3. The monoisotopic (exact) mass is 567 g/mol. The first kappa shape index (κ1) is 27.0. The van der Waals surface area contributed by atoms with Gasteiger partial charge in [-0.05, 0) is 49.4 Å². The molecule has 5 nitrogen and oxygen atoms in total. The standard InChI is InChI=1S/C29H24F3N3O2S2/c1-18(27(36)34-22-12-3-2-11-21(22)29(30,31)32)38-20-10-8-9-19(17-20)33-28(37)35-23-13-4-6-15-25(23)39-26-16-7-5-14-24(26)35/h2-18,23,25H,1H3,(H,33,37)(H,34,36). The third kappa shape index (κ3) is 6.02. The van der Waals surface area contributed by atoms with Crippen molar-refractivity contribution in [1.29, 1.82) is 0 Å². The predicted molar refractivity (Wildman–Crippen MR) is 151 cm³/mol. The zero-order valence-electron chi connectivity index (χ0n) is 20.7. The fourth-order valence-corrected chi connectivity index (χ4v) is 6.57. The first-order valence-electron chi connectivity index (χ1n) is 12.2.